The summed E-state index contributed by atoms with van der Waals surface area (Å²) in [6, 6.07) is 16.9. The highest BCUT2D eigenvalue weighted by Crippen LogP contribution is 2.41. The van der Waals surface area contributed by atoms with Gasteiger partial charge in [0.05, 0.1) is 25.1 Å². The highest BCUT2D eigenvalue weighted by molar-refractivity contribution is 7.10. The van der Waals surface area contributed by atoms with Gasteiger partial charge in [0.15, 0.2) is 0 Å². The lowest BCUT2D eigenvalue weighted by molar-refractivity contribution is -0.143. The van der Waals surface area contributed by atoms with Crippen LogP contribution in [0.4, 0.5) is 0 Å². The maximum atomic E-state index is 13.8. The topological polar surface area (TPSA) is 49.9 Å². The van der Waals surface area contributed by atoms with Gasteiger partial charge in [-0.05, 0) is 53.1 Å². The first-order valence-corrected chi connectivity index (χ1v) is 13.7. The second-order valence-electron chi connectivity index (χ2n) is 8.83. The molecule has 1 aliphatic rings. The van der Waals surface area contributed by atoms with Gasteiger partial charge in [-0.25, -0.2) is 0 Å². The van der Waals surface area contributed by atoms with E-state index < -0.39 is 0 Å². The van der Waals surface area contributed by atoms with Crippen LogP contribution in [0.5, 0.6) is 0 Å². The molecule has 2 aromatic carbocycles. The number of ether oxygens (including phenoxy) is 1. The summed E-state index contributed by atoms with van der Waals surface area (Å²) in [6.07, 6.45) is 1.42. The third kappa shape index (κ3) is 5.78. The van der Waals surface area contributed by atoms with Gasteiger partial charge >= 0.3 is 0 Å². The molecule has 5 nitrogen and oxygen atoms in total. The van der Waals surface area contributed by atoms with Crippen molar-refractivity contribution in [3.05, 3.63) is 91.6 Å². The van der Waals surface area contributed by atoms with Crippen molar-refractivity contribution < 1.29 is 14.3 Å². The largest absolute Gasteiger partial charge is 0.383 e. The molecule has 1 aromatic heterocycles. The van der Waals surface area contributed by atoms with E-state index in [0.29, 0.717) is 36.2 Å². The molecule has 2 atom stereocenters. The van der Waals surface area contributed by atoms with Crippen molar-refractivity contribution in [1.82, 2.24) is 9.80 Å². The van der Waals surface area contributed by atoms with Gasteiger partial charge in [-0.15, -0.1) is 11.3 Å². The molecule has 0 aliphatic carbocycles. The average molecular weight is 546 g/mol. The van der Waals surface area contributed by atoms with Crippen LogP contribution in [0.3, 0.4) is 0 Å². The van der Waals surface area contributed by atoms with Crippen LogP contribution in [-0.4, -0.2) is 55.0 Å². The standard InChI is InChI=1S/C28H30Cl2N2O3S/c1-3-21(19-7-5-4-6-8-19)28(34)31(14-15-35-2)18-26(33)32-13-11-25-23(12-16-36-25)27(32)22-10-9-20(29)17-24(22)30/h4-10,12,16-17,21,27H,3,11,13-15,18H2,1-2H3. The van der Waals surface area contributed by atoms with Crippen LogP contribution in [-0.2, 0) is 20.7 Å². The molecule has 4 rings (SSSR count). The molecule has 190 valence electrons. The van der Waals surface area contributed by atoms with Crippen LogP contribution in [0.1, 0.15) is 46.9 Å². The van der Waals surface area contributed by atoms with E-state index in [1.54, 1.807) is 35.5 Å². The fourth-order valence-electron chi connectivity index (χ4n) is 4.83. The minimum absolute atomic E-state index is 0.0211. The van der Waals surface area contributed by atoms with Crippen molar-refractivity contribution in [2.75, 3.05) is 33.4 Å². The highest BCUT2D eigenvalue weighted by Gasteiger charge is 2.36. The monoisotopic (exact) mass is 544 g/mol. The first kappa shape index (κ1) is 26.7. The Labute approximate surface area is 226 Å². The molecular weight excluding hydrogens is 515 g/mol. The summed E-state index contributed by atoms with van der Waals surface area (Å²) in [6.45, 7) is 3.22. The van der Waals surface area contributed by atoms with Crippen LogP contribution < -0.4 is 0 Å². The number of halogens is 2. The number of amides is 2. The minimum atomic E-state index is -0.326. The Balaban J connectivity index is 1.63. The maximum Gasteiger partial charge on any atom is 0.242 e. The zero-order valence-corrected chi connectivity index (χ0v) is 22.8. The third-order valence-corrected chi connectivity index (χ3v) is 8.21. The van der Waals surface area contributed by atoms with E-state index >= 15 is 0 Å². The van der Waals surface area contributed by atoms with E-state index in [4.69, 9.17) is 27.9 Å². The molecule has 2 heterocycles. The van der Waals surface area contributed by atoms with Gasteiger partial charge in [0.25, 0.3) is 0 Å². The first-order chi connectivity index (χ1) is 17.4. The molecule has 0 saturated carbocycles. The molecule has 2 unspecified atom stereocenters. The number of rotatable bonds is 9. The number of benzene rings is 2. The van der Waals surface area contributed by atoms with Crippen LogP contribution >= 0.6 is 34.5 Å². The van der Waals surface area contributed by atoms with Crippen molar-refractivity contribution in [3.63, 3.8) is 0 Å². The zero-order chi connectivity index (χ0) is 25.7. The second kappa shape index (κ2) is 12.2. The summed E-state index contributed by atoms with van der Waals surface area (Å²) in [4.78, 5) is 32.2. The predicted molar refractivity (Wildman–Crippen MR) is 146 cm³/mol. The normalized spacial score (nSPS) is 15.9. The number of thiophene rings is 1. The molecule has 1 aliphatic heterocycles. The van der Waals surface area contributed by atoms with Gasteiger partial charge in [0, 0.05) is 35.1 Å². The lowest BCUT2D eigenvalue weighted by Gasteiger charge is -2.38. The molecule has 0 radical (unpaired) electrons. The molecule has 3 aromatic rings. The van der Waals surface area contributed by atoms with Gasteiger partial charge in [-0.2, -0.15) is 0 Å². The molecule has 0 bridgehead atoms. The second-order valence-corrected chi connectivity index (χ2v) is 10.7. The smallest absolute Gasteiger partial charge is 0.242 e. The molecular formula is C28H30Cl2N2O3S. The van der Waals surface area contributed by atoms with Crippen molar-refractivity contribution in [1.29, 1.82) is 0 Å². The van der Waals surface area contributed by atoms with E-state index in [0.717, 1.165) is 23.1 Å². The fraction of sp³-hybridized carbons (Fsp3) is 0.357. The Morgan fingerprint density at radius 1 is 1.14 bits per heavy atom. The highest BCUT2D eigenvalue weighted by atomic mass is 35.5. The van der Waals surface area contributed by atoms with Crippen LogP contribution in [0.25, 0.3) is 0 Å². The molecule has 0 spiro atoms. The molecule has 0 saturated heterocycles. The lowest BCUT2D eigenvalue weighted by Crippen LogP contribution is -2.48. The predicted octanol–water partition coefficient (Wildman–Crippen LogP) is 6.20. The molecule has 0 fully saturated rings. The van der Waals surface area contributed by atoms with Gasteiger partial charge < -0.3 is 14.5 Å². The van der Waals surface area contributed by atoms with Gasteiger partial charge in [-0.3, -0.25) is 9.59 Å². The molecule has 2 amide bonds. The zero-order valence-electron chi connectivity index (χ0n) is 20.5. The van der Waals surface area contributed by atoms with Crippen molar-refractivity contribution in [2.24, 2.45) is 0 Å². The average Bonchev–Trinajstić information content (AvgIpc) is 3.36. The van der Waals surface area contributed by atoms with E-state index in [1.165, 1.54) is 4.88 Å². The number of hydrogen-bond donors (Lipinski definition) is 0. The van der Waals surface area contributed by atoms with Crippen LogP contribution in [0.2, 0.25) is 10.0 Å². The number of nitrogens with zero attached hydrogens (tertiary/aromatic N) is 2. The number of methoxy groups -OCH3 is 1. The first-order valence-electron chi connectivity index (χ1n) is 12.1. The summed E-state index contributed by atoms with van der Waals surface area (Å²) in [5, 5.41) is 3.12. The Hall–Kier alpha value is -2.38. The quantitative estimate of drug-likeness (QED) is 0.322. The minimum Gasteiger partial charge on any atom is -0.383 e. The summed E-state index contributed by atoms with van der Waals surface area (Å²) < 4.78 is 5.27. The molecule has 0 N–H and O–H groups in total. The van der Waals surface area contributed by atoms with Crippen LogP contribution in [0, 0.1) is 0 Å². The Morgan fingerprint density at radius 2 is 1.92 bits per heavy atom. The van der Waals surface area contributed by atoms with Crippen LogP contribution in [0.15, 0.2) is 60.0 Å². The van der Waals surface area contributed by atoms with Gasteiger partial charge in [-0.1, -0.05) is 66.5 Å². The summed E-state index contributed by atoms with van der Waals surface area (Å²) in [5.74, 6) is -0.499. The van der Waals surface area contributed by atoms with Crippen molar-refractivity contribution in [3.8, 4) is 0 Å². The van der Waals surface area contributed by atoms with Gasteiger partial charge in [0.2, 0.25) is 11.8 Å². The fourth-order valence-corrected chi connectivity index (χ4v) is 6.24. The van der Waals surface area contributed by atoms with E-state index in [1.807, 2.05) is 48.2 Å². The number of carbonyl (C=O) groups is 2. The Kier molecular flexibility index (Phi) is 9.07. The SMILES string of the molecule is CCC(C(=O)N(CCOC)CC(=O)N1CCc2sccc2C1c1ccc(Cl)cc1Cl)c1ccccc1. The van der Waals surface area contributed by atoms with Crippen molar-refractivity contribution >= 4 is 46.4 Å². The van der Waals surface area contributed by atoms with E-state index in [-0.39, 0.29) is 30.3 Å². The molecule has 36 heavy (non-hydrogen) atoms. The Morgan fingerprint density at radius 3 is 2.61 bits per heavy atom. The third-order valence-electron chi connectivity index (χ3n) is 6.65. The number of hydrogen-bond acceptors (Lipinski definition) is 4. The maximum absolute atomic E-state index is 13.8. The molecule has 8 heteroatoms. The number of carbonyl (C=O) groups excluding carboxylic acids is 2. The summed E-state index contributed by atoms with van der Waals surface area (Å²) >= 11 is 14.5. The summed E-state index contributed by atoms with van der Waals surface area (Å²) in [7, 11) is 1.60. The van der Waals surface area contributed by atoms with E-state index in [2.05, 4.69) is 11.4 Å². The Bertz CT molecular complexity index is 1200. The lowest BCUT2D eigenvalue weighted by atomic mass is 9.92. The van der Waals surface area contributed by atoms with Gasteiger partial charge in [0.1, 0.15) is 0 Å². The number of fused-ring (bicyclic) bond motifs is 1. The summed E-state index contributed by atoms with van der Waals surface area (Å²) in [5.41, 5.74) is 2.86. The van der Waals surface area contributed by atoms with Crippen molar-refractivity contribution in [2.45, 2.75) is 31.7 Å². The van der Waals surface area contributed by atoms with E-state index in [9.17, 15) is 9.59 Å².